The number of aromatic nitrogens is 3. The van der Waals surface area contributed by atoms with Gasteiger partial charge in [0, 0.05) is 17.4 Å². The van der Waals surface area contributed by atoms with Crippen molar-refractivity contribution in [1.82, 2.24) is 14.5 Å². The fourth-order valence-electron chi connectivity index (χ4n) is 3.98. The standard InChI is InChI=1S/C21H18N4/c22-21-20-19(23-13-24-21)18(12-25(20)17-8-2-1-3-9-17)16-10-14-6-4-5-7-15(14)11-16/h1-9,12-13,16H,10-11H2,(H2,22,23,24). The molecule has 0 atom stereocenters. The van der Waals surface area contributed by atoms with E-state index in [2.05, 4.69) is 57.1 Å². The Balaban J connectivity index is 1.69. The summed E-state index contributed by atoms with van der Waals surface area (Å²) in [5.41, 5.74) is 13.3. The molecule has 2 N–H and O–H groups in total. The molecule has 0 saturated carbocycles. The Hall–Kier alpha value is -3.14. The average molecular weight is 326 g/mol. The molecule has 0 fully saturated rings. The summed E-state index contributed by atoms with van der Waals surface area (Å²) in [4.78, 5) is 8.80. The highest BCUT2D eigenvalue weighted by Crippen LogP contribution is 2.38. The average Bonchev–Trinajstić information content (AvgIpc) is 3.24. The van der Waals surface area contributed by atoms with Crippen molar-refractivity contribution in [2.24, 2.45) is 0 Å². The van der Waals surface area contributed by atoms with Gasteiger partial charge in [-0.3, -0.25) is 0 Å². The van der Waals surface area contributed by atoms with E-state index >= 15 is 0 Å². The predicted octanol–water partition coefficient (Wildman–Crippen LogP) is 3.89. The van der Waals surface area contributed by atoms with E-state index < -0.39 is 0 Å². The molecule has 0 aliphatic heterocycles. The summed E-state index contributed by atoms with van der Waals surface area (Å²) in [5.74, 6) is 0.953. The first-order chi connectivity index (χ1) is 12.3. The molecule has 4 heteroatoms. The zero-order valence-corrected chi connectivity index (χ0v) is 13.8. The number of nitrogen functional groups attached to an aromatic ring is 1. The van der Waals surface area contributed by atoms with Gasteiger partial charge >= 0.3 is 0 Å². The number of para-hydroxylation sites is 1. The summed E-state index contributed by atoms with van der Waals surface area (Å²) in [6.07, 6.45) is 5.86. The van der Waals surface area contributed by atoms with Crippen molar-refractivity contribution in [3.8, 4) is 5.69 Å². The second kappa shape index (κ2) is 5.45. The number of hydrogen-bond acceptors (Lipinski definition) is 3. The Kier molecular flexibility index (Phi) is 3.10. The normalized spacial score (nSPS) is 14.1. The Bertz CT molecular complexity index is 1040. The highest BCUT2D eigenvalue weighted by atomic mass is 15.0. The molecular weight excluding hydrogens is 308 g/mol. The third-order valence-corrected chi connectivity index (χ3v) is 5.16. The molecule has 0 spiro atoms. The summed E-state index contributed by atoms with van der Waals surface area (Å²) in [7, 11) is 0. The van der Waals surface area contributed by atoms with Crippen LogP contribution in [0.2, 0.25) is 0 Å². The van der Waals surface area contributed by atoms with E-state index in [4.69, 9.17) is 5.73 Å². The predicted molar refractivity (Wildman–Crippen MR) is 99.9 cm³/mol. The molecule has 2 aromatic heterocycles. The topological polar surface area (TPSA) is 56.7 Å². The van der Waals surface area contributed by atoms with E-state index in [1.165, 1.54) is 16.7 Å². The minimum absolute atomic E-state index is 0.430. The van der Waals surface area contributed by atoms with E-state index in [0.717, 1.165) is 29.6 Å². The molecule has 4 aromatic rings. The van der Waals surface area contributed by atoms with Crippen LogP contribution < -0.4 is 5.73 Å². The van der Waals surface area contributed by atoms with Crippen LogP contribution in [0.1, 0.15) is 22.6 Å². The lowest BCUT2D eigenvalue weighted by Gasteiger charge is -2.06. The van der Waals surface area contributed by atoms with Crippen molar-refractivity contribution >= 4 is 16.9 Å². The van der Waals surface area contributed by atoms with E-state index in [1.54, 1.807) is 6.33 Å². The Labute approximate surface area is 146 Å². The molecule has 0 bridgehead atoms. The zero-order chi connectivity index (χ0) is 16.8. The summed E-state index contributed by atoms with van der Waals surface area (Å²) >= 11 is 0. The van der Waals surface area contributed by atoms with Crippen LogP contribution in [-0.2, 0) is 12.8 Å². The number of rotatable bonds is 2. The molecule has 4 nitrogen and oxygen atoms in total. The second-order valence-electron chi connectivity index (χ2n) is 6.62. The van der Waals surface area contributed by atoms with Crippen molar-refractivity contribution in [1.29, 1.82) is 0 Å². The van der Waals surface area contributed by atoms with Gasteiger partial charge in [-0.1, -0.05) is 42.5 Å². The van der Waals surface area contributed by atoms with E-state index in [0.29, 0.717) is 11.7 Å². The van der Waals surface area contributed by atoms with Crippen LogP contribution >= 0.6 is 0 Å². The number of nitrogens with two attached hydrogens (primary N) is 1. The van der Waals surface area contributed by atoms with Crippen LogP contribution in [-0.4, -0.2) is 14.5 Å². The van der Waals surface area contributed by atoms with Crippen molar-refractivity contribution in [3.63, 3.8) is 0 Å². The minimum Gasteiger partial charge on any atom is -0.382 e. The van der Waals surface area contributed by atoms with E-state index in [1.807, 2.05) is 18.2 Å². The highest BCUT2D eigenvalue weighted by Gasteiger charge is 2.27. The van der Waals surface area contributed by atoms with Gasteiger partial charge in [0.2, 0.25) is 0 Å². The number of benzene rings is 2. The van der Waals surface area contributed by atoms with E-state index in [9.17, 15) is 0 Å². The van der Waals surface area contributed by atoms with Crippen molar-refractivity contribution < 1.29 is 0 Å². The third-order valence-electron chi connectivity index (χ3n) is 5.16. The summed E-state index contributed by atoms with van der Waals surface area (Å²) in [6, 6.07) is 19.0. The molecule has 0 amide bonds. The summed E-state index contributed by atoms with van der Waals surface area (Å²) < 4.78 is 2.13. The maximum absolute atomic E-state index is 6.22. The van der Waals surface area contributed by atoms with Gasteiger partial charge in [-0.2, -0.15) is 0 Å². The lowest BCUT2D eigenvalue weighted by atomic mass is 9.98. The molecule has 5 rings (SSSR count). The smallest absolute Gasteiger partial charge is 0.151 e. The monoisotopic (exact) mass is 326 g/mol. The largest absolute Gasteiger partial charge is 0.382 e. The fourth-order valence-corrected chi connectivity index (χ4v) is 3.98. The van der Waals surface area contributed by atoms with Crippen LogP contribution in [0.5, 0.6) is 0 Å². The lowest BCUT2D eigenvalue weighted by molar-refractivity contribution is 0.744. The first-order valence-electron chi connectivity index (χ1n) is 8.55. The third kappa shape index (κ3) is 2.22. The lowest BCUT2D eigenvalue weighted by Crippen LogP contribution is -1.99. The first-order valence-corrected chi connectivity index (χ1v) is 8.55. The van der Waals surface area contributed by atoms with Gasteiger partial charge in [0.25, 0.3) is 0 Å². The van der Waals surface area contributed by atoms with E-state index in [-0.39, 0.29) is 0 Å². The molecule has 2 heterocycles. The van der Waals surface area contributed by atoms with Crippen LogP contribution in [0.4, 0.5) is 5.82 Å². The molecule has 0 radical (unpaired) electrons. The number of nitrogens with zero attached hydrogens (tertiary/aromatic N) is 3. The molecule has 25 heavy (non-hydrogen) atoms. The molecule has 0 unspecified atom stereocenters. The van der Waals surface area contributed by atoms with Crippen LogP contribution in [0.25, 0.3) is 16.7 Å². The van der Waals surface area contributed by atoms with Crippen molar-refractivity contribution in [2.75, 3.05) is 5.73 Å². The van der Waals surface area contributed by atoms with Gasteiger partial charge < -0.3 is 10.3 Å². The molecule has 1 aliphatic carbocycles. The van der Waals surface area contributed by atoms with Crippen molar-refractivity contribution in [3.05, 3.63) is 83.8 Å². The number of hydrogen-bond donors (Lipinski definition) is 1. The molecular formula is C21H18N4. The van der Waals surface area contributed by atoms with Gasteiger partial charge in [0.15, 0.2) is 5.82 Å². The maximum atomic E-state index is 6.22. The molecule has 0 saturated heterocycles. The minimum atomic E-state index is 0.430. The molecule has 122 valence electrons. The van der Waals surface area contributed by atoms with Gasteiger partial charge in [-0.25, -0.2) is 9.97 Å². The van der Waals surface area contributed by atoms with Gasteiger partial charge in [-0.05, 0) is 42.0 Å². The van der Waals surface area contributed by atoms with Crippen LogP contribution in [0.3, 0.4) is 0 Å². The number of fused-ring (bicyclic) bond motifs is 2. The maximum Gasteiger partial charge on any atom is 0.151 e. The fraction of sp³-hybridized carbons (Fsp3) is 0.143. The van der Waals surface area contributed by atoms with Crippen molar-refractivity contribution in [2.45, 2.75) is 18.8 Å². The SMILES string of the molecule is Nc1ncnc2c(C3Cc4ccccc4C3)cn(-c3ccccc3)c12. The van der Waals surface area contributed by atoms with Gasteiger partial charge in [-0.15, -0.1) is 0 Å². The Morgan fingerprint density at radius 2 is 1.56 bits per heavy atom. The summed E-state index contributed by atoms with van der Waals surface area (Å²) in [5, 5.41) is 0. The van der Waals surface area contributed by atoms with Gasteiger partial charge in [0.05, 0.1) is 5.52 Å². The Morgan fingerprint density at radius 3 is 2.28 bits per heavy atom. The Morgan fingerprint density at radius 1 is 0.880 bits per heavy atom. The van der Waals surface area contributed by atoms with Gasteiger partial charge in [0.1, 0.15) is 11.8 Å². The molecule has 1 aliphatic rings. The van der Waals surface area contributed by atoms with Crippen LogP contribution in [0, 0.1) is 0 Å². The summed E-state index contributed by atoms with van der Waals surface area (Å²) in [6.45, 7) is 0. The quantitative estimate of drug-likeness (QED) is 0.608. The molecule has 2 aromatic carbocycles. The van der Waals surface area contributed by atoms with Crippen LogP contribution in [0.15, 0.2) is 67.1 Å². The first kappa shape index (κ1) is 14.2. The highest BCUT2D eigenvalue weighted by molar-refractivity contribution is 5.90. The second-order valence-corrected chi connectivity index (χ2v) is 6.62. The zero-order valence-electron chi connectivity index (χ0n) is 13.8. The number of anilines is 1.